The van der Waals surface area contributed by atoms with Crippen molar-refractivity contribution in [3.8, 4) is 11.5 Å². The monoisotopic (exact) mass is 361 g/mol. The maximum Gasteiger partial charge on any atom is 0.257 e. The molecule has 2 aliphatic rings. The van der Waals surface area contributed by atoms with Crippen LogP contribution in [0.15, 0.2) is 18.2 Å². The maximum absolute atomic E-state index is 13.1. The molecule has 1 saturated heterocycles. The number of amides is 1. The van der Waals surface area contributed by atoms with Gasteiger partial charge in [0.25, 0.3) is 5.91 Å². The van der Waals surface area contributed by atoms with Gasteiger partial charge in [-0.1, -0.05) is 12.8 Å². The Bertz CT molecular complexity index is 602. The lowest BCUT2D eigenvalue weighted by atomic mass is 10.1. The zero-order chi connectivity index (χ0) is 18.4. The van der Waals surface area contributed by atoms with E-state index in [0.717, 1.165) is 38.6 Å². The summed E-state index contributed by atoms with van der Waals surface area (Å²) in [5.74, 6) is 1.27. The molecule has 1 aromatic rings. The smallest absolute Gasteiger partial charge is 0.257 e. The van der Waals surface area contributed by atoms with E-state index in [-0.39, 0.29) is 5.91 Å². The van der Waals surface area contributed by atoms with Crippen molar-refractivity contribution < 1.29 is 14.3 Å². The minimum atomic E-state index is 0.0351. The minimum Gasteiger partial charge on any atom is -0.497 e. The number of hydrogen-bond acceptors (Lipinski definition) is 5. The van der Waals surface area contributed by atoms with Gasteiger partial charge in [0.15, 0.2) is 0 Å². The third-order valence-electron chi connectivity index (χ3n) is 5.45. The van der Waals surface area contributed by atoms with Gasteiger partial charge in [0.2, 0.25) is 0 Å². The first kappa shape index (κ1) is 19.0. The van der Waals surface area contributed by atoms with Crippen molar-refractivity contribution in [1.82, 2.24) is 9.80 Å². The van der Waals surface area contributed by atoms with E-state index in [1.165, 1.54) is 25.7 Å². The van der Waals surface area contributed by atoms with Crippen molar-refractivity contribution in [3.05, 3.63) is 23.8 Å². The van der Waals surface area contributed by atoms with E-state index < -0.39 is 0 Å². The van der Waals surface area contributed by atoms with Crippen LogP contribution < -0.4 is 15.2 Å². The van der Waals surface area contributed by atoms with E-state index in [2.05, 4.69) is 4.90 Å². The Morgan fingerprint density at radius 2 is 1.96 bits per heavy atom. The number of carbonyl (C=O) groups is 1. The van der Waals surface area contributed by atoms with E-state index in [1.54, 1.807) is 19.2 Å². The van der Waals surface area contributed by atoms with Gasteiger partial charge >= 0.3 is 0 Å². The Morgan fingerprint density at radius 1 is 1.15 bits per heavy atom. The van der Waals surface area contributed by atoms with Crippen molar-refractivity contribution in [3.63, 3.8) is 0 Å². The first-order chi connectivity index (χ1) is 12.7. The molecule has 6 heteroatoms. The van der Waals surface area contributed by atoms with Gasteiger partial charge in [-0.15, -0.1) is 0 Å². The van der Waals surface area contributed by atoms with E-state index in [9.17, 15) is 4.79 Å². The molecule has 1 aliphatic heterocycles. The summed E-state index contributed by atoms with van der Waals surface area (Å²) in [7, 11) is 1.61. The highest BCUT2D eigenvalue weighted by molar-refractivity contribution is 5.97. The molecule has 1 saturated carbocycles. The quantitative estimate of drug-likeness (QED) is 0.841. The lowest BCUT2D eigenvalue weighted by Gasteiger charge is -2.27. The average Bonchev–Trinajstić information content (AvgIpc) is 3.10. The van der Waals surface area contributed by atoms with Crippen LogP contribution in [0.5, 0.6) is 11.5 Å². The number of methoxy groups -OCH3 is 1. The molecular weight excluding hydrogens is 330 g/mol. The van der Waals surface area contributed by atoms with Gasteiger partial charge in [0.05, 0.1) is 12.7 Å². The molecule has 0 bridgehead atoms. The van der Waals surface area contributed by atoms with Crippen molar-refractivity contribution in [2.24, 2.45) is 5.73 Å². The molecule has 0 radical (unpaired) electrons. The van der Waals surface area contributed by atoms with Gasteiger partial charge in [-0.2, -0.15) is 0 Å². The summed E-state index contributed by atoms with van der Waals surface area (Å²) in [6.45, 7) is 4.41. The van der Waals surface area contributed by atoms with E-state index in [1.807, 2.05) is 11.0 Å². The fourth-order valence-electron chi connectivity index (χ4n) is 4.04. The molecule has 144 valence electrons. The van der Waals surface area contributed by atoms with Crippen LogP contribution in [-0.4, -0.2) is 68.2 Å². The van der Waals surface area contributed by atoms with E-state index in [0.29, 0.717) is 30.2 Å². The second kappa shape index (κ2) is 9.24. The molecular formula is C20H31N3O3. The number of carbonyl (C=O) groups excluding carboxylic acids is 1. The Morgan fingerprint density at radius 3 is 2.69 bits per heavy atom. The molecule has 3 rings (SSSR count). The van der Waals surface area contributed by atoms with Gasteiger partial charge < -0.3 is 20.1 Å². The number of ether oxygens (including phenoxy) is 2. The lowest BCUT2D eigenvalue weighted by molar-refractivity contribution is 0.0753. The molecule has 1 aromatic carbocycles. The molecule has 0 unspecified atom stereocenters. The number of nitrogens with zero attached hydrogens (tertiary/aromatic N) is 2. The van der Waals surface area contributed by atoms with Crippen LogP contribution in [0.1, 0.15) is 42.5 Å². The van der Waals surface area contributed by atoms with Crippen molar-refractivity contribution in [1.29, 1.82) is 0 Å². The average molecular weight is 361 g/mol. The Kier molecular flexibility index (Phi) is 6.74. The summed E-state index contributed by atoms with van der Waals surface area (Å²) in [6, 6.07) is 6.10. The first-order valence-corrected chi connectivity index (χ1v) is 9.77. The predicted octanol–water partition coefficient (Wildman–Crippen LogP) is 2.12. The van der Waals surface area contributed by atoms with Crippen molar-refractivity contribution in [2.45, 2.75) is 38.1 Å². The summed E-state index contributed by atoms with van der Waals surface area (Å²) < 4.78 is 11.0. The van der Waals surface area contributed by atoms with E-state index in [4.69, 9.17) is 15.2 Å². The van der Waals surface area contributed by atoms with Gasteiger partial charge in [-0.25, -0.2) is 0 Å². The number of nitrogens with two attached hydrogens (primary N) is 1. The second-order valence-corrected chi connectivity index (χ2v) is 7.12. The summed E-state index contributed by atoms with van der Waals surface area (Å²) in [4.78, 5) is 17.7. The molecule has 2 N–H and O–H groups in total. The summed E-state index contributed by atoms with van der Waals surface area (Å²) in [5.41, 5.74) is 6.15. The highest BCUT2D eigenvalue weighted by Gasteiger charge is 2.27. The van der Waals surface area contributed by atoms with Crippen LogP contribution in [0.2, 0.25) is 0 Å². The summed E-state index contributed by atoms with van der Waals surface area (Å²) in [5, 5.41) is 0. The van der Waals surface area contributed by atoms with Gasteiger partial charge in [0, 0.05) is 44.8 Å². The van der Waals surface area contributed by atoms with Crippen LogP contribution in [-0.2, 0) is 0 Å². The normalized spacial score (nSPS) is 19.4. The van der Waals surface area contributed by atoms with Crippen LogP contribution in [0, 0.1) is 0 Å². The zero-order valence-electron chi connectivity index (χ0n) is 15.8. The standard InChI is InChI=1S/C20H31N3O3/c1-25-17-7-8-18(19(15-17)26-14-9-21)20(24)23-11-4-10-22(12-13-23)16-5-2-3-6-16/h7-8,15-16H,2-6,9-14,21H2,1H3. The highest BCUT2D eigenvalue weighted by atomic mass is 16.5. The fraction of sp³-hybridized carbons (Fsp3) is 0.650. The molecule has 26 heavy (non-hydrogen) atoms. The van der Waals surface area contributed by atoms with Crippen LogP contribution in [0.25, 0.3) is 0 Å². The second-order valence-electron chi connectivity index (χ2n) is 7.12. The summed E-state index contributed by atoms with van der Waals surface area (Å²) in [6.07, 6.45) is 6.33. The third kappa shape index (κ3) is 4.48. The molecule has 1 amide bonds. The molecule has 0 atom stereocenters. The van der Waals surface area contributed by atoms with Crippen LogP contribution in [0.3, 0.4) is 0 Å². The fourth-order valence-corrected chi connectivity index (χ4v) is 4.04. The lowest BCUT2D eigenvalue weighted by Crippen LogP contribution is -2.38. The molecule has 1 heterocycles. The Labute approximate surface area is 156 Å². The van der Waals surface area contributed by atoms with Crippen molar-refractivity contribution >= 4 is 5.91 Å². The predicted molar refractivity (Wildman–Crippen MR) is 102 cm³/mol. The minimum absolute atomic E-state index is 0.0351. The third-order valence-corrected chi connectivity index (χ3v) is 5.45. The number of benzene rings is 1. The van der Waals surface area contributed by atoms with Gasteiger partial charge in [-0.3, -0.25) is 9.69 Å². The van der Waals surface area contributed by atoms with Gasteiger partial charge in [-0.05, 0) is 31.4 Å². The van der Waals surface area contributed by atoms with E-state index >= 15 is 0 Å². The SMILES string of the molecule is COc1ccc(C(=O)N2CCCN(C3CCCC3)CC2)c(OCCN)c1. The van der Waals surface area contributed by atoms with Gasteiger partial charge in [0.1, 0.15) is 18.1 Å². The summed E-state index contributed by atoms with van der Waals surface area (Å²) >= 11 is 0. The maximum atomic E-state index is 13.1. The van der Waals surface area contributed by atoms with Crippen LogP contribution in [0.4, 0.5) is 0 Å². The largest absolute Gasteiger partial charge is 0.497 e. The number of rotatable bonds is 6. The molecule has 1 aliphatic carbocycles. The highest BCUT2D eigenvalue weighted by Crippen LogP contribution is 2.28. The Balaban J connectivity index is 1.69. The zero-order valence-corrected chi connectivity index (χ0v) is 15.8. The number of hydrogen-bond donors (Lipinski definition) is 1. The van der Waals surface area contributed by atoms with Crippen LogP contribution >= 0.6 is 0 Å². The molecule has 0 aromatic heterocycles. The topological polar surface area (TPSA) is 68.0 Å². The van der Waals surface area contributed by atoms with Crippen molar-refractivity contribution in [2.75, 3.05) is 46.4 Å². The molecule has 6 nitrogen and oxygen atoms in total. The molecule has 2 fully saturated rings. The molecule has 0 spiro atoms. The Hall–Kier alpha value is -1.79. The first-order valence-electron chi connectivity index (χ1n) is 9.77.